The van der Waals surface area contributed by atoms with Crippen LogP contribution in [0, 0.1) is 0 Å². The molecule has 2 atom stereocenters. The van der Waals surface area contributed by atoms with Crippen molar-refractivity contribution in [3.8, 4) is 0 Å². The zero-order valence-corrected chi connectivity index (χ0v) is 11.8. The van der Waals surface area contributed by atoms with Gasteiger partial charge in [0.2, 0.25) is 0 Å². The zero-order valence-electron chi connectivity index (χ0n) is 11.8. The van der Waals surface area contributed by atoms with Crippen LogP contribution < -0.4 is 5.32 Å². The van der Waals surface area contributed by atoms with E-state index in [-0.39, 0.29) is 5.79 Å². The van der Waals surface area contributed by atoms with E-state index in [0.29, 0.717) is 6.04 Å². The molecule has 2 unspecified atom stereocenters. The van der Waals surface area contributed by atoms with Crippen molar-refractivity contribution in [2.24, 2.45) is 0 Å². The Hall–Kier alpha value is -0.120. The molecule has 102 valence electrons. The molecule has 1 aliphatic rings. The van der Waals surface area contributed by atoms with Gasteiger partial charge in [-0.15, -0.1) is 0 Å². The minimum atomic E-state index is -0.310. The number of nitrogens with one attached hydrogen (secondary N) is 1. The SMILES string of the molecule is CCCCNC1CCCC(OC)(OCC)CC1. The molecule has 0 saturated heterocycles. The third kappa shape index (κ3) is 4.94. The summed E-state index contributed by atoms with van der Waals surface area (Å²) in [7, 11) is 1.78. The van der Waals surface area contributed by atoms with Crippen LogP contribution in [-0.2, 0) is 9.47 Å². The number of ether oxygens (including phenoxy) is 2. The third-order valence-corrected chi connectivity index (χ3v) is 3.73. The molecule has 1 rings (SSSR count). The molecule has 0 radical (unpaired) electrons. The van der Waals surface area contributed by atoms with Crippen LogP contribution in [0.1, 0.15) is 58.8 Å². The first-order chi connectivity index (χ1) is 8.26. The molecule has 1 fully saturated rings. The maximum absolute atomic E-state index is 5.82. The fraction of sp³-hybridized carbons (Fsp3) is 1.00. The van der Waals surface area contributed by atoms with E-state index in [2.05, 4.69) is 12.2 Å². The normalized spacial score (nSPS) is 30.2. The molecule has 0 heterocycles. The molecule has 17 heavy (non-hydrogen) atoms. The fourth-order valence-electron chi connectivity index (χ4n) is 2.64. The molecular weight excluding hydrogens is 214 g/mol. The van der Waals surface area contributed by atoms with Gasteiger partial charge in [0.1, 0.15) is 0 Å². The third-order valence-electron chi connectivity index (χ3n) is 3.73. The van der Waals surface area contributed by atoms with Crippen molar-refractivity contribution in [2.45, 2.75) is 70.6 Å². The van der Waals surface area contributed by atoms with Crippen molar-refractivity contribution in [3.63, 3.8) is 0 Å². The Morgan fingerprint density at radius 3 is 2.71 bits per heavy atom. The van der Waals surface area contributed by atoms with Gasteiger partial charge < -0.3 is 14.8 Å². The first kappa shape index (κ1) is 14.9. The molecule has 0 aromatic heterocycles. The predicted molar refractivity (Wildman–Crippen MR) is 71.1 cm³/mol. The smallest absolute Gasteiger partial charge is 0.167 e. The van der Waals surface area contributed by atoms with Gasteiger partial charge in [-0.25, -0.2) is 0 Å². The van der Waals surface area contributed by atoms with E-state index in [0.717, 1.165) is 32.4 Å². The molecule has 0 aromatic carbocycles. The highest BCUT2D eigenvalue weighted by molar-refractivity contribution is 4.80. The molecule has 0 spiro atoms. The number of hydrogen-bond donors (Lipinski definition) is 1. The van der Waals surface area contributed by atoms with Gasteiger partial charge in [0.05, 0.1) is 0 Å². The van der Waals surface area contributed by atoms with Crippen LogP contribution in [0.15, 0.2) is 0 Å². The van der Waals surface area contributed by atoms with Gasteiger partial charge in [-0.3, -0.25) is 0 Å². The number of unbranched alkanes of at least 4 members (excludes halogenated alkanes) is 1. The minimum Gasteiger partial charge on any atom is -0.353 e. The van der Waals surface area contributed by atoms with Gasteiger partial charge in [-0.2, -0.15) is 0 Å². The van der Waals surface area contributed by atoms with Gasteiger partial charge >= 0.3 is 0 Å². The summed E-state index contributed by atoms with van der Waals surface area (Å²) >= 11 is 0. The van der Waals surface area contributed by atoms with Crippen molar-refractivity contribution in [1.82, 2.24) is 5.32 Å². The van der Waals surface area contributed by atoms with E-state index in [1.165, 1.54) is 25.7 Å². The molecule has 0 bridgehead atoms. The Kier molecular flexibility index (Phi) is 7.09. The molecular formula is C14H29NO2. The minimum absolute atomic E-state index is 0.310. The molecule has 0 aromatic rings. The Labute approximate surface area is 106 Å². The van der Waals surface area contributed by atoms with Crippen LogP contribution in [0.3, 0.4) is 0 Å². The maximum atomic E-state index is 5.82. The van der Waals surface area contributed by atoms with Crippen molar-refractivity contribution in [3.05, 3.63) is 0 Å². The summed E-state index contributed by atoms with van der Waals surface area (Å²) in [5.74, 6) is -0.310. The number of rotatable bonds is 7. The average Bonchev–Trinajstić information content (AvgIpc) is 2.54. The summed E-state index contributed by atoms with van der Waals surface area (Å²) in [4.78, 5) is 0. The van der Waals surface area contributed by atoms with E-state index >= 15 is 0 Å². The van der Waals surface area contributed by atoms with Crippen LogP contribution in [-0.4, -0.2) is 32.1 Å². The monoisotopic (exact) mass is 243 g/mol. The molecule has 3 nitrogen and oxygen atoms in total. The van der Waals surface area contributed by atoms with Crippen LogP contribution in [0.5, 0.6) is 0 Å². The second-order valence-corrected chi connectivity index (χ2v) is 4.98. The van der Waals surface area contributed by atoms with Crippen LogP contribution >= 0.6 is 0 Å². The van der Waals surface area contributed by atoms with Crippen molar-refractivity contribution in [2.75, 3.05) is 20.3 Å². The lowest BCUT2D eigenvalue weighted by molar-refractivity contribution is -0.227. The largest absolute Gasteiger partial charge is 0.353 e. The van der Waals surface area contributed by atoms with E-state index in [1.807, 2.05) is 6.92 Å². The highest BCUT2D eigenvalue weighted by Crippen LogP contribution is 2.31. The Morgan fingerprint density at radius 2 is 2.06 bits per heavy atom. The van der Waals surface area contributed by atoms with E-state index < -0.39 is 0 Å². The van der Waals surface area contributed by atoms with Crippen molar-refractivity contribution >= 4 is 0 Å². The average molecular weight is 243 g/mol. The standard InChI is InChI=1S/C14H29NO2/c1-4-6-12-15-13-8-7-10-14(16-3,11-9-13)17-5-2/h13,15H,4-12H2,1-3H3. The molecule has 3 heteroatoms. The van der Waals surface area contributed by atoms with Gasteiger partial charge in [0.15, 0.2) is 5.79 Å². The Morgan fingerprint density at radius 1 is 1.24 bits per heavy atom. The second kappa shape index (κ2) is 8.06. The lowest BCUT2D eigenvalue weighted by Gasteiger charge is -2.31. The molecule has 0 amide bonds. The van der Waals surface area contributed by atoms with Crippen molar-refractivity contribution < 1.29 is 9.47 Å². The van der Waals surface area contributed by atoms with Crippen molar-refractivity contribution in [1.29, 1.82) is 0 Å². The number of methoxy groups -OCH3 is 1. The predicted octanol–water partition coefficient (Wildman–Crippen LogP) is 3.09. The lowest BCUT2D eigenvalue weighted by atomic mass is 10.1. The summed E-state index contributed by atoms with van der Waals surface area (Å²) in [6, 6.07) is 0.652. The first-order valence-corrected chi connectivity index (χ1v) is 7.19. The van der Waals surface area contributed by atoms with E-state index in [1.54, 1.807) is 7.11 Å². The molecule has 0 aliphatic heterocycles. The molecule has 1 aliphatic carbocycles. The first-order valence-electron chi connectivity index (χ1n) is 7.19. The van der Waals surface area contributed by atoms with E-state index in [4.69, 9.17) is 9.47 Å². The zero-order chi connectivity index (χ0) is 12.6. The summed E-state index contributed by atoms with van der Waals surface area (Å²) in [6.07, 6.45) is 8.19. The lowest BCUT2D eigenvalue weighted by Crippen LogP contribution is -2.35. The topological polar surface area (TPSA) is 30.5 Å². The Balaban J connectivity index is 2.37. The van der Waals surface area contributed by atoms with Crippen LogP contribution in [0.25, 0.3) is 0 Å². The van der Waals surface area contributed by atoms with Gasteiger partial charge in [-0.1, -0.05) is 13.3 Å². The fourth-order valence-corrected chi connectivity index (χ4v) is 2.64. The van der Waals surface area contributed by atoms with Gasteiger partial charge in [-0.05, 0) is 39.2 Å². The molecule has 1 N–H and O–H groups in total. The molecule has 1 saturated carbocycles. The van der Waals surface area contributed by atoms with Gasteiger partial charge in [0.25, 0.3) is 0 Å². The summed E-state index contributed by atoms with van der Waals surface area (Å²) in [6.45, 7) is 6.17. The second-order valence-electron chi connectivity index (χ2n) is 4.98. The summed E-state index contributed by atoms with van der Waals surface area (Å²) < 4.78 is 11.4. The highest BCUT2D eigenvalue weighted by atomic mass is 16.7. The summed E-state index contributed by atoms with van der Waals surface area (Å²) in [5.41, 5.74) is 0. The van der Waals surface area contributed by atoms with Gasteiger partial charge in [0, 0.05) is 32.6 Å². The van der Waals surface area contributed by atoms with Crippen LogP contribution in [0.2, 0.25) is 0 Å². The van der Waals surface area contributed by atoms with E-state index in [9.17, 15) is 0 Å². The maximum Gasteiger partial charge on any atom is 0.167 e. The van der Waals surface area contributed by atoms with Crippen LogP contribution in [0.4, 0.5) is 0 Å². The quantitative estimate of drug-likeness (QED) is 0.423. The Bertz CT molecular complexity index is 199. The summed E-state index contributed by atoms with van der Waals surface area (Å²) in [5, 5.41) is 3.66. The highest BCUT2D eigenvalue weighted by Gasteiger charge is 2.33. The number of hydrogen-bond acceptors (Lipinski definition) is 3.